The van der Waals surface area contributed by atoms with E-state index in [-0.39, 0.29) is 21.8 Å². The fourth-order valence-corrected chi connectivity index (χ4v) is 3.25. The van der Waals surface area contributed by atoms with E-state index in [2.05, 4.69) is 25.6 Å². The molecule has 0 spiro atoms. The van der Waals surface area contributed by atoms with Crippen molar-refractivity contribution >= 4 is 31.8 Å². The lowest BCUT2D eigenvalue weighted by Gasteiger charge is -2.12. The fraction of sp³-hybridized carbons (Fsp3) is 0.154. The van der Waals surface area contributed by atoms with Crippen molar-refractivity contribution in [1.82, 2.24) is 4.98 Å². The number of benzene rings is 1. The Morgan fingerprint density at radius 3 is 2.67 bits per heavy atom. The summed E-state index contributed by atoms with van der Waals surface area (Å²) >= 11 is 3.19. The molecule has 0 saturated carbocycles. The average Bonchev–Trinajstić information content (AvgIpc) is 2.43. The van der Waals surface area contributed by atoms with E-state index < -0.39 is 22.4 Å². The Hall–Kier alpha value is -1.51. The monoisotopic (exact) mass is 374 g/mol. The van der Waals surface area contributed by atoms with E-state index in [9.17, 15) is 12.8 Å². The molecule has 1 heterocycles. The molecule has 0 atom stereocenters. The first-order valence-electron chi connectivity index (χ1n) is 5.88. The highest BCUT2D eigenvalue weighted by Gasteiger charge is 2.20. The Kier molecular flexibility index (Phi) is 4.60. The molecule has 2 rings (SSSR count). The molecule has 0 aliphatic rings. The Bertz CT molecular complexity index is 764. The van der Waals surface area contributed by atoms with E-state index in [0.717, 1.165) is 6.07 Å². The summed E-state index contributed by atoms with van der Waals surface area (Å²) in [5, 5.41) is 9.06. The van der Waals surface area contributed by atoms with Gasteiger partial charge in [-0.2, -0.15) is 0 Å². The molecule has 0 fully saturated rings. The topological polar surface area (TPSA) is 79.3 Å². The third-order valence-electron chi connectivity index (χ3n) is 2.79. The van der Waals surface area contributed by atoms with Crippen LogP contribution in [-0.4, -0.2) is 18.5 Å². The minimum Gasteiger partial charge on any atom is -0.392 e. The fourth-order valence-electron chi connectivity index (χ4n) is 1.71. The molecule has 0 bridgehead atoms. The van der Waals surface area contributed by atoms with Crippen LogP contribution in [0.15, 0.2) is 39.8 Å². The van der Waals surface area contributed by atoms with Crippen molar-refractivity contribution in [2.24, 2.45) is 0 Å². The van der Waals surface area contributed by atoms with Crippen molar-refractivity contribution < 1.29 is 17.9 Å². The summed E-state index contributed by atoms with van der Waals surface area (Å²) in [6.07, 6.45) is 1.44. The summed E-state index contributed by atoms with van der Waals surface area (Å²) < 4.78 is 41.3. The van der Waals surface area contributed by atoms with Crippen LogP contribution in [0.2, 0.25) is 0 Å². The molecule has 0 aliphatic carbocycles. The molecule has 2 N–H and O–H groups in total. The molecule has 21 heavy (non-hydrogen) atoms. The normalized spacial score (nSPS) is 11.4. The van der Waals surface area contributed by atoms with Gasteiger partial charge in [-0.1, -0.05) is 0 Å². The van der Waals surface area contributed by atoms with Crippen molar-refractivity contribution in [3.8, 4) is 0 Å². The van der Waals surface area contributed by atoms with Gasteiger partial charge in [0.05, 0.1) is 11.5 Å². The summed E-state index contributed by atoms with van der Waals surface area (Å²) in [7, 11) is -3.99. The number of sulfonamides is 1. The zero-order chi connectivity index (χ0) is 15.6. The van der Waals surface area contributed by atoms with Crippen molar-refractivity contribution in [3.63, 3.8) is 0 Å². The van der Waals surface area contributed by atoms with E-state index in [1.807, 2.05) is 0 Å². The molecule has 1 aromatic heterocycles. The van der Waals surface area contributed by atoms with Crippen molar-refractivity contribution in [3.05, 3.63) is 51.9 Å². The quantitative estimate of drug-likeness (QED) is 0.861. The molecule has 1 aromatic carbocycles. The lowest BCUT2D eigenvalue weighted by molar-refractivity contribution is 0.281. The molecule has 0 radical (unpaired) electrons. The highest BCUT2D eigenvalue weighted by Crippen LogP contribution is 2.23. The van der Waals surface area contributed by atoms with E-state index in [4.69, 9.17) is 5.11 Å². The van der Waals surface area contributed by atoms with Crippen molar-refractivity contribution in [2.75, 3.05) is 4.72 Å². The molecule has 8 heteroatoms. The van der Waals surface area contributed by atoms with Gasteiger partial charge >= 0.3 is 0 Å². The SMILES string of the molecule is Cc1c(F)cc(CO)cc1S(=O)(=O)Nc1ccc(Br)cn1. The first-order valence-corrected chi connectivity index (χ1v) is 8.15. The Morgan fingerprint density at radius 1 is 1.38 bits per heavy atom. The molecular formula is C13H12BrFN2O3S. The Morgan fingerprint density at radius 2 is 2.10 bits per heavy atom. The molecule has 0 amide bonds. The number of anilines is 1. The van der Waals surface area contributed by atoms with Gasteiger partial charge in [-0.3, -0.25) is 4.72 Å². The number of aliphatic hydroxyl groups is 1. The van der Waals surface area contributed by atoms with Gasteiger partial charge in [0.2, 0.25) is 0 Å². The molecule has 5 nitrogen and oxygen atoms in total. The Balaban J connectivity index is 2.44. The van der Waals surface area contributed by atoms with Crippen LogP contribution in [0, 0.1) is 12.7 Å². The van der Waals surface area contributed by atoms with Crippen LogP contribution in [0.25, 0.3) is 0 Å². The number of pyridine rings is 1. The lowest BCUT2D eigenvalue weighted by Crippen LogP contribution is -2.16. The second kappa shape index (κ2) is 6.08. The third-order valence-corrected chi connectivity index (χ3v) is 4.74. The highest BCUT2D eigenvalue weighted by atomic mass is 79.9. The van der Waals surface area contributed by atoms with Gasteiger partial charge in [0.15, 0.2) is 0 Å². The predicted molar refractivity (Wildman–Crippen MR) is 79.8 cm³/mol. The van der Waals surface area contributed by atoms with Gasteiger partial charge in [0, 0.05) is 16.2 Å². The maximum Gasteiger partial charge on any atom is 0.263 e. The average molecular weight is 375 g/mol. The van der Waals surface area contributed by atoms with E-state index in [1.165, 1.54) is 25.3 Å². The smallest absolute Gasteiger partial charge is 0.263 e. The van der Waals surface area contributed by atoms with Crippen LogP contribution >= 0.6 is 15.9 Å². The number of nitrogens with one attached hydrogen (secondary N) is 1. The summed E-state index contributed by atoms with van der Waals surface area (Å²) in [6.45, 7) is 0.913. The van der Waals surface area contributed by atoms with Gasteiger partial charge in [0.25, 0.3) is 10.0 Å². The van der Waals surface area contributed by atoms with Gasteiger partial charge in [-0.15, -0.1) is 0 Å². The number of aromatic nitrogens is 1. The van der Waals surface area contributed by atoms with Crippen LogP contribution in [0.5, 0.6) is 0 Å². The van der Waals surface area contributed by atoms with Crippen LogP contribution in [0.1, 0.15) is 11.1 Å². The third kappa shape index (κ3) is 3.58. The molecule has 0 saturated heterocycles. The lowest BCUT2D eigenvalue weighted by atomic mass is 10.1. The van der Waals surface area contributed by atoms with Crippen LogP contribution in [0.4, 0.5) is 10.2 Å². The molecule has 112 valence electrons. The second-order valence-electron chi connectivity index (χ2n) is 4.33. The van der Waals surface area contributed by atoms with Gasteiger partial charge in [0.1, 0.15) is 11.6 Å². The van der Waals surface area contributed by atoms with E-state index in [1.54, 1.807) is 6.07 Å². The Labute approximate surface area is 130 Å². The number of aliphatic hydroxyl groups excluding tert-OH is 1. The summed E-state index contributed by atoms with van der Waals surface area (Å²) in [4.78, 5) is 3.68. The number of nitrogens with zero attached hydrogens (tertiary/aromatic N) is 1. The zero-order valence-corrected chi connectivity index (χ0v) is 13.4. The number of rotatable bonds is 4. The first kappa shape index (κ1) is 15.9. The number of hydrogen-bond acceptors (Lipinski definition) is 4. The first-order chi connectivity index (χ1) is 9.83. The molecule has 0 aliphatic heterocycles. The minimum absolute atomic E-state index is 0.0168. The molecule has 0 unspecified atom stereocenters. The van der Waals surface area contributed by atoms with Gasteiger partial charge < -0.3 is 5.11 Å². The van der Waals surface area contributed by atoms with Crippen LogP contribution < -0.4 is 4.72 Å². The maximum absolute atomic E-state index is 13.7. The van der Waals surface area contributed by atoms with Crippen molar-refractivity contribution in [1.29, 1.82) is 0 Å². The second-order valence-corrected chi connectivity index (χ2v) is 6.89. The maximum atomic E-state index is 13.7. The van der Waals surface area contributed by atoms with E-state index in [0.29, 0.717) is 4.47 Å². The van der Waals surface area contributed by atoms with Crippen LogP contribution in [-0.2, 0) is 16.6 Å². The molecular weight excluding hydrogens is 363 g/mol. The number of hydrogen-bond donors (Lipinski definition) is 2. The molecule has 2 aromatic rings. The standard InChI is InChI=1S/C13H12BrFN2O3S/c1-8-11(15)4-9(7-18)5-12(8)21(19,20)17-13-3-2-10(14)6-16-13/h2-6,18H,7H2,1H3,(H,16,17). The summed E-state index contributed by atoms with van der Waals surface area (Å²) in [6, 6.07) is 5.44. The summed E-state index contributed by atoms with van der Waals surface area (Å²) in [5.41, 5.74) is 0.166. The van der Waals surface area contributed by atoms with Gasteiger partial charge in [-0.05, 0) is 52.7 Å². The summed E-state index contributed by atoms with van der Waals surface area (Å²) in [5.74, 6) is -0.571. The number of halogens is 2. The van der Waals surface area contributed by atoms with Crippen molar-refractivity contribution in [2.45, 2.75) is 18.4 Å². The predicted octanol–water partition coefficient (Wildman–Crippen LogP) is 2.58. The van der Waals surface area contributed by atoms with Crippen LogP contribution in [0.3, 0.4) is 0 Å². The van der Waals surface area contributed by atoms with E-state index >= 15 is 0 Å². The minimum atomic E-state index is -3.99. The largest absolute Gasteiger partial charge is 0.392 e. The zero-order valence-electron chi connectivity index (χ0n) is 11.0. The highest BCUT2D eigenvalue weighted by molar-refractivity contribution is 9.10. The van der Waals surface area contributed by atoms with Gasteiger partial charge in [-0.25, -0.2) is 17.8 Å².